The quantitative estimate of drug-likeness (QED) is 0.590. The van der Waals surface area contributed by atoms with Gasteiger partial charge >= 0.3 is 0 Å². The van der Waals surface area contributed by atoms with Crippen molar-refractivity contribution in [1.82, 2.24) is 0 Å². The molecule has 2 rings (SSSR count). The first-order valence-corrected chi connectivity index (χ1v) is 7.93. The van der Waals surface area contributed by atoms with Gasteiger partial charge in [0.15, 0.2) is 18.1 Å². The van der Waals surface area contributed by atoms with Crippen molar-refractivity contribution in [3.63, 3.8) is 0 Å². The van der Waals surface area contributed by atoms with E-state index in [4.69, 9.17) is 14.3 Å². The van der Waals surface area contributed by atoms with Gasteiger partial charge in [0, 0.05) is 11.3 Å². The predicted octanol–water partition coefficient (Wildman–Crippen LogP) is 3.26. The molecule has 0 aromatic heterocycles. The zero-order valence-electron chi connectivity index (χ0n) is 14.6. The van der Waals surface area contributed by atoms with E-state index in [-0.39, 0.29) is 12.5 Å². The van der Waals surface area contributed by atoms with Crippen LogP contribution in [0.3, 0.4) is 0 Å². The van der Waals surface area contributed by atoms with E-state index >= 15 is 0 Å². The Labute approximate surface area is 147 Å². The number of hydrogen-bond donors (Lipinski definition) is 1. The first-order valence-electron chi connectivity index (χ1n) is 7.93. The van der Waals surface area contributed by atoms with E-state index < -0.39 is 0 Å². The van der Waals surface area contributed by atoms with Gasteiger partial charge in [-0.05, 0) is 36.2 Å². The van der Waals surface area contributed by atoms with E-state index in [1.807, 2.05) is 36.4 Å². The number of aryl methyl sites for hydroxylation is 1. The molecule has 0 saturated carbocycles. The van der Waals surface area contributed by atoms with Crippen LogP contribution in [0.2, 0.25) is 0 Å². The van der Waals surface area contributed by atoms with Gasteiger partial charge in [-0.25, -0.2) is 0 Å². The van der Waals surface area contributed by atoms with Crippen molar-refractivity contribution < 1.29 is 19.1 Å². The summed E-state index contributed by atoms with van der Waals surface area (Å²) in [5.74, 6) is 0.872. The fourth-order valence-corrected chi connectivity index (χ4v) is 2.22. The molecule has 0 atom stereocenters. The SMILES string of the molecule is CCc1ccc(NC(=O)CO/N=C\c2cccc(OC)c2OC)cc1. The summed E-state index contributed by atoms with van der Waals surface area (Å²) in [7, 11) is 3.11. The van der Waals surface area contributed by atoms with E-state index in [0.29, 0.717) is 17.1 Å². The fraction of sp³-hybridized carbons (Fsp3) is 0.263. The van der Waals surface area contributed by atoms with Crippen LogP contribution in [0.4, 0.5) is 5.69 Å². The Kier molecular flexibility index (Phi) is 6.83. The highest BCUT2D eigenvalue weighted by atomic mass is 16.6. The summed E-state index contributed by atoms with van der Waals surface area (Å²) in [6.07, 6.45) is 2.43. The smallest absolute Gasteiger partial charge is 0.265 e. The van der Waals surface area contributed by atoms with Crippen LogP contribution in [0.15, 0.2) is 47.6 Å². The lowest BCUT2D eigenvalue weighted by Gasteiger charge is -2.09. The molecular formula is C19H22N2O4. The number of benzene rings is 2. The molecule has 1 N–H and O–H groups in total. The maximum Gasteiger partial charge on any atom is 0.265 e. The molecule has 0 unspecified atom stereocenters. The summed E-state index contributed by atoms with van der Waals surface area (Å²) in [5.41, 5.74) is 2.63. The van der Waals surface area contributed by atoms with Crippen LogP contribution in [0, 0.1) is 0 Å². The van der Waals surface area contributed by atoms with E-state index in [1.54, 1.807) is 20.3 Å². The normalized spacial score (nSPS) is 10.5. The van der Waals surface area contributed by atoms with Crippen LogP contribution in [-0.4, -0.2) is 32.9 Å². The van der Waals surface area contributed by atoms with Crippen LogP contribution < -0.4 is 14.8 Å². The Hall–Kier alpha value is -3.02. The highest BCUT2D eigenvalue weighted by molar-refractivity contribution is 5.91. The minimum absolute atomic E-state index is 0.182. The summed E-state index contributed by atoms with van der Waals surface area (Å²) in [6.45, 7) is 1.90. The number of hydrogen-bond acceptors (Lipinski definition) is 5. The molecule has 0 heterocycles. The van der Waals surface area contributed by atoms with Gasteiger partial charge in [-0.15, -0.1) is 0 Å². The van der Waals surface area contributed by atoms with Crippen LogP contribution in [-0.2, 0) is 16.1 Å². The monoisotopic (exact) mass is 342 g/mol. The van der Waals surface area contributed by atoms with Gasteiger partial charge in [-0.3, -0.25) is 4.79 Å². The topological polar surface area (TPSA) is 69.2 Å². The molecule has 0 aliphatic rings. The standard InChI is InChI=1S/C19H22N2O4/c1-4-14-8-10-16(11-9-14)21-18(22)13-25-20-12-15-6-5-7-17(23-2)19(15)24-3/h5-12H,4,13H2,1-3H3,(H,21,22)/b20-12-. The van der Waals surface area contributed by atoms with Crippen molar-refractivity contribution in [3.05, 3.63) is 53.6 Å². The highest BCUT2D eigenvalue weighted by Crippen LogP contribution is 2.29. The molecule has 1 amide bonds. The third kappa shape index (κ3) is 5.24. The van der Waals surface area contributed by atoms with Gasteiger partial charge in [0.1, 0.15) is 0 Å². The van der Waals surface area contributed by atoms with Gasteiger partial charge in [0.05, 0.1) is 20.4 Å². The van der Waals surface area contributed by atoms with Gasteiger partial charge in [0.25, 0.3) is 5.91 Å². The number of para-hydroxylation sites is 1. The first-order chi connectivity index (χ1) is 12.2. The molecule has 0 spiro atoms. The zero-order chi connectivity index (χ0) is 18.1. The third-order valence-electron chi connectivity index (χ3n) is 3.54. The second kappa shape index (κ2) is 9.32. The summed E-state index contributed by atoms with van der Waals surface area (Å²) >= 11 is 0. The van der Waals surface area contributed by atoms with E-state index in [9.17, 15) is 4.79 Å². The number of ether oxygens (including phenoxy) is 2. The Bertz CT molecular complexity index is 727. The number of anilines is 1. The first kappa shape index (κ1) is 18.3. The van der Waals surface area contributed by atoms with Gasteiger partial charge < -0.3 is 19.6 Å². The Balaban J connectivity index is 1.87. The lowest BCUT2D eigenvalue weighted by molar-refractivity contribution is -0.120. The van der Waals surface area contributed by atoms with Crippen molar-refractivity contribution >= 4 is 17.8 Å². The minimum atomic E-state index is -0.279. The van der Waals surface area contributed by atoms with E-state index in [1.165, 1.54) is 11.8 Å². The maximum atomic E-state index is 11.8. The molecule has 0 aliphatic heterocycles. The Morgan fingerprint density at radius 1 is 1.12 bits per heavy atom. The molecule has 132 valence electrons. The maximum absolute atomic E-state index is 11.8. The van der Waals surface area contributed by atoms with E-state index in [2.05, 4.69) is 17.4 Å². The largest absolute Gasteiger partial charge is 0.493 e. The molecule has 0 fully saturated rings. The van der Waals surface area contributed by atoms with Crippen molar-refractivity contribution in [2.45, 2.75) is 13.3 Å². The Morgan fingerprint density at radius 2 is 1.88 bits per heavy atom. The van der Waals surface area contributed by atoms with Gasteiger partial charge in [-0.2, -0.15) is 0 Å². The molecule has 2 aromatic rings. The summed E-state index contributed by atoms with van der Waals surface area (Å²) in [6, 6.07) is 13.1. The summed E-state index contributed by atoms with van der Waals surface area (Å²) in [4.78, 5) is 16.9. The lowest BCUT2D eigenvalue weighted by Crippen LogP contribution is -2.16. The van der Waals surface area contributed by atoms with Crippen LogP contribution in [0.5, 0.6) is 11.5 Å². The molecule has 0 saturated heterocycles. The van der Waals surface area contributed by atoms with Gasteiger partial charge in [-0.1, -0.05) is 30.3 Å². The number of amides is 1. The van der Waals surface area contributed by atoms with Crippen LogP contribution in [0.25, 0.3) is 0 Å². The number of carbonyl (C=O) groups is 1. The number of rotatable bonds is 8. The number of methoxy groups -OCH3 is 2. The minimum Gasteiger partial charge on any atom is -0.493 e. The second-order valence-electron chi connectivity index (χ2n) is 5.19. The number of oxime groups is 1. The van der Waals surface area contributed by atoms with Crippen LogP contribution >= 0.6 is 0 Å². The van der Waals surface area contributed by atoms with Crippen molar-refractivity contribution in [2.24, 2.45) is 5.16 Å². The number of nitrogens with zero attached hydrogens (tertiary/aromatic N) is 1. The second-order valence-corrected chi connectivity index (χ2v) is 5.19. The zero-order valence-corrected chi connectivity index (χ0v) is 14.6. The van der Waals surface area contributed by atoms with Gasteiger partial charge in [0.2, 0.25) is 0 Å². The molecule has 0 radical (unpaired) electrons. The molecule has 0 bridgehead atoms. The molecule has 6 heteroatoms. The van der Waals surface area contributed by atoms with Crippen LogP contribution in [0.1, 0.15) is 18.1 Å². The van der Waals surface area contributed by atoms with E-state index in [0.717, 1.165) is 12.1 Å². The highest BCUT2D eigenvalue weighted by Gasteiger charge is 2.07. The molecule has 6 nitrogen and oxygen atoms in total. The fourth-order valence-electron chi connectivity index (χ4n) is 2.22. The number of carbonyl (C=O) groups excluding carboxylic acids is 1. The average Bonchev–Trinajstić information content (AvgIpc) is 2.65. The van der Waals surface area contributed by atoms with Crippen molar-refractivity contribution in [2.75, 3.05) is 26.1 Å². The number of nitrogens with one attached hydrogen (secondary N) is 1. The lowest BCUT2D eigenvalue weighted by atomic mass is 10.1. The Morgan fingerprint density at radius 3 is 2.52 bits per heavy atom. The van der Waals surface area contributed by atoms with Crippen molar-refractivity contribution in [1.29, 1.82) is 0 Å². The summed E-state index contributed by atoms with van der Waals surface area (Å²) < 4.78 is 10.5. The third-order valence-corrected chi connectivity index (χ3v) is 3.54. The molecule has 2 aromatic carbocycles. The summed E-state index contributed by atoms with van der Waals surface area (Å²) in [5, 5.41) is 6.56. The average molecular weight is 342 g/mol. The predicted molar refractivity (Wildman–Crippen MR) is 97.5 cm³/mol. The molecule has 25 heavy (non-hydrogen) atoms. The molecular weight excluding hydrogens is 320 g/mol. The molecule has 0 aliphatic carbocycles. The van der Waals surface area contributed by atoms with Crippen molar-refractivity contribution in [3.8, 4) is 11.5 Å².